The highest BCUT2D eigenvalue weighted by Crippen LogP contribution is 2.23. The first-order chi connectivity index (χ1) is 11.1. The van der Waals surface area contributed by atoms with Gasteiger partial charge in [0.05, 0.1) is 17.0 Å². The highest BCUT2D eigenvalue weighted by Gasteiger charge is 2.27. The fourth-order valence-electron chi connectivity index (χ4n) is 2.85. The van der Waals surface area contributed by atoms with Crippen molar-refractivity contribution in [3.63, 3.8) is 0 Å². The van der Waals surface area contributed by atoms with Crippen molar-refractivity contribution in [2.24, 2.45) is 5.92 Å². The minimum absolute atomic E-state index is 0.0147. The molecule has 1 aromatic heterocycles. The second kappa shape index (κ2) is 6.70. The molecule has 1 aliphatic rings. The summed E-state index contributed by atoms with van der Waals surface area (Å²) in [5.41, 5.74) is 0.870. The number of benzene rings is 1. The zero-order chi connectivity index (χ0) is 16.2. The van der Waals surface area contributed by atoms with Crippen molar-refractivity contribution in [3.05, 3.63) is 52.3 Å². The number of carbonyl (C=O) groups excluding carboxylic acids is 1. The van der Waals surface area contributed by atoms with E-state index < -0.39 is 4.92 Å². The van der Waals surface area contributed by atoms with Gasteiger partial charge in [-0.3, -0.25) is 14.9 Å². The molecule has 3 rings (SSSR count). The van der Waals surface area contributed by atoms with Crippen molar-refractivity contribution >= 4 is 11.5 Å². The van der Waals surface area contributed by atoms with Crippen LogP contribution in [0.2, 0.25) is 0 Å². The fraction of sp³-hybridized carbons (Fsp3) is 0.375. The molecule has 120 valence electrons. The van der Waals surface area contributed by atoms with Gasteiger partial charge in [-0.1, -0.05) is 18.2 Å². The van der Waals surface area contributed by atoms with Gasteiger partial charge in [0, 0.05) is 5.92 Å². The molecule has 1 saturated heterocycles. The molecular formula is C16H18N4O3. The third-order valence-electron chi connectivity index (χ3n) is 4.12. The fourth-order valence-corrected chi connectivity index (χ4v) is 2.85. The summed E-state index contributed by atoms with van der Waals surface area (Å²) < 4.78 is 1.46. The standard InChI is InChI=1S/C16H18N4O3/c21-16(12-6-8-17-9-7-12)10-14-15(20(22)23)11-19(18-14)13-4-2-1-3-5-13/h1-5,11-12,17H,6-10H2. The highest BCUT2D eigenvalue weighted by molar-refractivity contribution is 5.83. The quantitative estimate of drug-likeness (QED) is 0.672. The number of nitrogens with zero attached hydrogens (tertiary/aromatic N) is 3. The maximum atomic E-state index is 12.4. The van der Waals surface area contributed by atoms with Crippen LogP contribution in [0.5, 0.6) is 0 Å². The number of carbonyl (C=O) groups is 1. The zero-order valence-corrected chi connectivity index (χ0v) is 12.6. The summed E-state index contributed by atoms with van der Waals surface area (Å²) in [6, 6.07) is 9.17. The number of piperidine rings is 1. The van der Waals surface area contributed by atoms with Crippen molar-refractivity contribution in [1.29, 1.82) is 0 Å². The molecule has 1 aliphatic heterocycles. The number of hydrogen-bond donors (Lipinski definition) is 1. The molecule has 0 atom stereocenters. The van der Waals surface area contributed by atoms with Crippen LogP contribution in [-0.2, 0) is 11.2 Å². The molecule has 7 heteroatoms. The van der Waals surface area contributed by atoms with E-state index in [1.54, 1.807) is 0 Å². The molecule has 0 saturated carbocycles. The maximum Gasteiger partial charge on any atom is 0.311 e. The van der Waals surface area contributed by atoms with E-state index >= 15 is 0 Å². The SMILES string of the molecule is O=C(Cc1nn(-c2ccccc2)cc1[N+](=O)[O-])C1CCNCC1. The Balaban J connectivity index is 1.84. The van der Waals surface area contributed by atoms with Crippen LogP contribution in [0.4, 0.5) is 5.69 Å². The first-order valence-corrected chi connectivity index (χ1v) is 7.67. The lowest BCUT2D eigenvalue weighted by molar-refractivity contribution is -0.385. The Kier molecular flexibility index (Phi) is 4.47. The smallest absolute Gasteiger partial charge is 0.311 e. The van der Waals surface area contributed by atoms with E-state index in [-0.39, 0.29) is 29.5 Å². The van der Waals surface area contributed by atoms with Gasteiger partial charge in [0.25, 0.3) is 0 Å². The van der Waals surface area contributed by atoms with Gasteiger partial charge in [-0.25, -0.2) is 4.68 Å². The van der Waals surface area contributed by atoms with Gasteiger partial charge >= 0.3 is 5.69 Å². The topological polar surface area (TPSA) is 90.1 Å². The Hall–Kier alpha value is -2.54. The second-order valence-electron chi connectivity index (χ2n) is 5.67. The molecule has 0 amide bonds. The van der Waals surface area contributed by atoms with Crippen LogP contribution in [0.1, 0.15) is 18.5 Å². The predicted octanol–water partition coefficient (Wildman–Crippen LogP) is 1.89. The number of hydrogen-bond acceptors (Lipinski definition) is 5. The first kappa shape index (κ1) is 15.4. The third-order valence-corrected chi connectivity index (χ3v) is 4.12. The maximum absolute atomic E-state index is 12.4. The van der Waals surface area contributed by atoms with Crippen molar-refractivity contribution in [3.8, 4) is 5.69 Å². The molecule has 1 fully saturated rings. The lowest BCUT2D eigenvalue weighted by atomic mass is 9.91. The van der Waals surface area contributed by atoms with Crippen LogP contribution >= 0.6 is 0 Å². The van der Waals surface area contributed by atoms with E-state index in [1.165, 1.54) is 10.9 Å². The van der Waals surface area contributed by atoms with E-state index in [2.05, 4.69) is 10.4 Å². The Morgan fingerprint density at radius 1 is 1.30 bits per heavy atom. The van der Waals surface area contributed by atoms with Gasteiger partial charge in [-0.15, -0.1) is 0 Å². The van der Waals surface area contributed by atoms with Crippen molar-refractivity contribution in [2.45, 2.75) is 19.3 Å². The number of nitrogens with one attached hydrogen (secondary N) is 1. The average molecular weight is 314 g/mol. The largest absolute Gasteiger partial charge is 0.317 e. The van der Waals surface area contributed by atoms with Crippen LogP contribution in [0.15, 0.2) is 36.5 Å². The van der Waals surface area contributed by atoms with Gasteiger partial charge in [0.15, 0.2) is 0 Å². The number of rotatable bonds is 5. The molecule has 1 aromatic carbocycles. The molecule has 0 radical (unpaired) electrons. The molecule has 2 aromatic rings. The number of aromatic nitrogens is 2. The lowest BCUT2D eigenvalue weighted by Crippen LogP contribution is -2.32. The average Bonchev–Trinajstić information content (AvgIpc) is 3.00. The summed E-state index contributed by atoms with van der Waals surface area (Å²) in [6.07, 6.45) is 2.96. The first-order valence-electron chi connectivity index (χ1n) is 7.67. The molecule has 0 unspecified atom stereocenters. The number of nitro groups is 1. The van der Waals surface area contributed by atoms with E-state index in [0.29, 0.717) is 0 Å². The van der Waals surface area contributed by atoms with Crippen molar-refractivity contribution in [1.82, 2.24) is 15.1 Å². The molecule has 23 heavy (non-hydrogen) atoms. The van der Waals surface area contributed by atoms with Gasteiger partial charge in [-0.05, 0) is 38.1 Å². The Morgan fingerprint density at radius 3 is 2.65 bits per heavy atom. The molecular weight excluding hydrogens is 296 g/mol. The third kappa shape index (κ3) is 3.45. The van der Waals surface area contributed by atoms with E-state index in [4.69, 9.17) is 0 Å². The summed E-state index contributed by atoms with van der Waals surface area (Å²) in [7, 11) is 0. The molecule has 0 bridgehead atoms. The monoisotopic (exact) mass is 314 g/mol. The molecule has 2 heterocycles. The normalized spacial score (nSPS) is 15.5. The summed E-state index contributed by atoms with van der Waals surface area (Å²) in [4.78, 5) is 23.2. The van der Waals surface area contributed by atoms with Crippen LogP contribution in [0, 0.1) is 16.0 Å². The van der Waals surface area contributed by atoms with Gasteiger partial charge in [0.1, 0.15) is 17.7 Å². The van der Waals surface area contributed by atoms with Crippen LogP contribution < -0.4 is 5.32 Å². The van der Waals surface area contributed by atoms with Crippen LogP contribution in [0.3, 0.4) is 0 Å². The van der Waals surface area contributed by atoms with E-state index in [9.17, 15) is 14.9 Å². The highest BCUT2D eigenvalue weighted by atomic mass is 16.6. The number of para-hydroxylation sites is 1. The molecule has 0 spiro atoms. The minimum atomic E-state index is -0.475. The summed E-state index contributed by atoms with van der Waals surface area (Å²) in [5.74, 6) is 0.00522. The Morgan fingerprint density at radius 2 is 2.00 bits per heavy atom. The van der Waals surface area contributed by atoms with Crippen LogP contribution in [0.25, 0.3) is 5.69 Å². The van der Waals surface area contributed by atoms with Gasteiger partial charge in [-0.2, -0.15) is 5.10 Å². The Labute approximate surface area is 133 Å². The Bertz CT molecular complexity index is 705. The molecule has 0 aliphatic carbocycles. The molecule has 7 nitrogen and oxygen atoms in total. The number of ketones is 1. The van der Waals surface area contributed by atoms with Crippen molar-refractivity contribution < 1.29 is 9.72 Å². The van der Waals surface area contributed by atoms with Crippen LogP contribution in [-0.4, -0.2) is 33.6 Å². The second-order valence-corrected chi connectivity index (χ2v) is 5.67. The number of Topliss-reactive ketones (excluding diaryl/α,β-unsaturated/α-hetero) is 1. The van der Waals surface area contributed by atoms with E-state index in [0.717, 1.165) is 31.6 Å². The lowest BCUT2D eigenvalue weighted by Gasteiger charge is -2.20. The minimum Gasteiger partial charge on any atom is -0.317 e. The van der Waals surface area contributed by atoms with E-state index in [1.807, 2.05) is 30.3 Å². The predicted molar refractivity (Wildman–Crippen MR) is 84.5 cm³/mol. The van der Waals surface area contributed by atoms with Crippen molar-refractivity contribution in [2.75, 3.05) is 13.1 Å². The summed E-state index contributed by atoms with van der Waals surface area (Å²) in [6.45, 7) is 1.63. The molecule has 1 N–H and O–H groups in total. The van der Waals surface area contributed by atoms with Gasteiger partial charge < -0.3 is 5.32 Å². The zero-order valence-electron chi connectivity index (χ0n) is 12.6. The summed E-state index contributed by atoms with van der Waals surface area (Å²) in [5, 5.41) is 18.7. The summed E-state index contributed by atoms with van der Waals surface area (Å²) >= 11 is 0. The van der Waals surface area contributed by atoms with Gasteiger partial charge in [0.2, 0.25) is 0 Å².